The van der Waals surface area contributed by atoms with Gasteiger partial charge in [0.1, 0.15) is 6.54 Å². The number of halogens is 3. The number of hydrogen-bond donors (Lipinski definition) is 1. The van der Waals surface area contributed by atoms with Crippen LogP contribution in [0.25, 0.3) is 0 Å². The molecule has 1 unspecified atom stereocenters. The minimum absolute atomic E-state index is 0.180. The first-order valence-electron chi connectivity index (χ1n) is 4.37. The largest absolute Gasteiger partial charge is 0.402 e. The molecule has 0 radical (unpaired) electrons. The van der Waals surface area contributed by atoms with Crippen LogP contribution in [-0.4, -0.2) is 44.3 Å². The second-order valence-electron chi connectivity index (χ2n) is 3.18. The summed E-state index contributed by atoms with van der Waals surface area (Å²) in [7, 11) is -3.04. The van der Waals surface area contributed by atoms with E-state index in [1.54, 1.807) is 6.92 Å². The van der Waals surface area contributed by atoms with Crippen LogP contribution >= 0.6 is 0 Å². The molecule has 0 spiro atoms. The quantitative estimate of drug-likeness (QED) is 0.772. The van der Waals surface area contributed by atoms with Crippen molar-refractivity contribution in [2.45, 2.75) is 24.8 Å². The lowest BCUT2D eigenvalue weighted by Gasteiger charge is -2.23. The Balaban J connectivity index is 4.73. The minimum atomic E-state index is -4.53. The highest BCUT2D eigenvalue weighted by molar-refractivity contribution is 7.89. The molecule has 0 amide bonds. The molecule has 0 aromatic carbocycles. The fourth-order valence-corrected chi connectivity index (χ4v) is 2.60. The summed E-state index contributed by atoms with van der Waals surface area (Å²) in [6.45, 7) is -0.0939. The SMILES string of the molecule is CCC(CN)S(=O)(=O)N(C)CC(F)(F)F. The predicted molar refractivity (Wildman–Crippen MR) is 50.7 cm³/mol. The van der Waals surface area contributed by atoms with E-state index in [0.29, 0.717) is 4.31 Å². The Morgan fingerprint density at radius 2 is 1.87 bits per heavy atom. The van der Waals surface area contributed by atoms with Crippen LogP contribution in [0.15, 0.2) is 0 Å². The predicted octanol–water partition coefficient (Wildman–Crippen LogP) is 0.548. The summed E-state index contributed by atoms with van der Waals surface area (Å²) >= 11 is 0. The molecule has 0 aromatic rings. The van der Waals surface area contributed by atoms with Gasteiger partial charge in [0.15, 0.2) is 0 Å². The maximum Gasteiger partial charge on any atom is 0.402 e. The molecule has 0 heterocycles. The zero-order valence-corrected chi connectivity index (χ0v) is 9.40. The van der Waals surface area contributed by atoms with Gasteiger partial charge >= 0.3 is 6.18 Å². The fourth-order valence-electron chi connectivity index (χ4n) is 1.10. The van der Waals surface area contributed by atoms with Gasteiger partial charge in [-0.3, -0.25) is 0 Å². The third-order valence-electron chi connectivity index (χ3n) is 1.98. The Kier molecular flexibility index (Phi) is 5.01. The van der Waals surface area contributed by atoms with Gasteiger partial charge in [0.25, 0.3) is 0 Å². The molecule has 0 saturated carbocycles. The lowest BCUT2D eigenvalue weighted by atomic mass is 10.3. The molecule has 0 saturated heterocycles. The number of alkyl halides is 3. The van der Waals surface area contributed by atoms with Crippen molar-refractivity contribution < 1.29 is 21.6 Å². The first kappa shape index (κ1) is 14.7. The number of rotatable bonds is 5. The Morgan fingerprint density at radius 3 is 2.13 bits per heavy atom. The van der Waals surface area contributed by atoms with Gasteiger partial charge in [-0.25, -0.2) is 8.42 Å². The Labute approximate surface area is 87.3 Å². The first-order chi connectivity index (χ1) is 6.65. The second-order valence-corrected chi connectivity index (χ2v) is 5.50. The first-order valence-corrected chi connectivity index (χ1v) is 5.87. The molecule has 0 bridgehead atoms. The van der Waals surface area contributed by atoms with Crippen molar-refractivity contribution in [2.75, 3.05) is 20.1 Å². The molecule has 0 aliphatic rings. The van der Waals surface area contributed by atoms with Crippen LogP contribution in [0.2, 0.25) is 0 Å². The molecule has 1 atom stereocenters. The molecular formula is C7H15F3N2O2S. The molecule has 0 rings (SSSR count). The number of hydrogen-bond acceptors (Lipinski definition) is 3. The molecule has 8 heteroatoms. The van der Waals surface area contributed by atoms with E-state index in [1.165, 1.54) is 0 Å². The number of nitrogens with zero attached hydrogens (tertiary/aromatic N) is 1. The van der Waals surface area contributed by atoms with Gasteiger partial charge in [-0.05, 0) is 6.42 Å². The van der Waals surface area contributed by atoms with E-state index in [0.717, 1.165) is 7.05 Å². The second kappa shape index (κ2) is 5.13. The highest BCUT2D eigenvalue weighted by Crippen LogP contribution is 2.19. The molecule has 15 heavy (non-hydrogen) atoms. The highest BCUT2D eigenvalue weighted by atomic mass is 32.2. The lowest BCUT2D eigenvalue weighted by molar-refractivity contribution is -0.134. The zero-order chi connectivity index (χ0) is 12.3. The minimum Gasteiger partial charge on any atom is -0.329 e. The van der Waals surface area contributed by atoms with Crippen molar-refractivity contribution in [2.24, 2.45) is 5.73 Å². The van der Waals surface area contributed by atoms with Crippen LogP contribution in [0.3, 0.4) is 0 Å². The summed E-state index contributed by atoms with van der Waals surface area (Å²) in [4.78, 5) is 0. The van der Waals surface area contributed by atoms with Crippen molar-refractivity contribution in [3.05, 3.63) is 0 Å². The van der Waals surface area contributed by atoms with Crippen LogP contribution in [-0.2, 0) is 10.0 Å². The summed E-state index contributed by atoms with van der Waals surface area (Å²) < 4.78 is 59.2. The number of nitrogens with two attached hydrogens (primary N) is 1. The number of sulfonamides is 1. The van der Waals surface area contributed by atoms with Gasteiger partial charge in [0.05, 0.1) is 5.25 Å². The van der Waals surface area contributed by atoms with Gasteiger partial charge in [-0.15, -0.1) is 0 Å². The van der Waals surface area contributed by atoms with E-state index in [9.17, 15) is 21.6 Å². The van der Waals surface area contributed by atoms with E-state index in [2.05, 4.69) is 0 Å². The van der Waals surface area contributed by atoms with Crippen molar-refractivity contribution in [1.29, 1.82) is 0 Å². The van der Waals surface area contributed by atoms with Gasteiger partial charge in [-0.1, -0.05) is 6.92 Å². The summed E-state index contributed by atoms with van der Waals surface area (Å²) in [5, 5.41) is -0.954. The molecule has 0 aromatic heterocycles. The Hall–Kier alpha value is -0.340. The normalized spacial score (nSPS) is 15.7. The van der Waals surface area contributed by atoms with Crippen molar-refractivity contribution in [1.82, 2.24) is 4.31 Å². The maximum atomic E-state index is 12.0. The summed E-state index contributed by atoms with van der Waals surface area (Å²) in [6, 6.07) is 0. The highest BCUT2D eigenvalue weighted by Gasteiger charge is 2.36. The van der Waals surface area contributed by atoms with Crippen molar-refractivity contribution >= 4 is 10.0 Å². The van der Waals surface area contributed by atoms with Gasteiger partial charge in [-0.2, -0.15) is 17.5 Å². The molecule has 92 valence electrons. The third kappa shape index (κ3) is 4.35. The maximum absolute atomic E-state index is 12.0. The van der Waals surface area contributed by atoms with Crippen LogP contribution in [0.5, 0.6) is 0 Å². The summed E-state index contributed by atoms with van der Waals surface area (Å²) in [5.41, 5.74) is 5.18. The molecule has 2 N–H and O–H groups in total. The average Bonchev–Trinajstić information content (AvgIpc) is 2.02. The van der Waals surface area contributed by atoms with E-state index >= 15 is 0 Å². The van der Waals surface area contributed by atoms with E-state index in [1.807, 2.05) is 0 Å². The Morgan fingerprint density at radius 1 is 1.40 bits per heavy atom. The van der Waals surface area contributed by atoms with Crippen LogP contribution < -0.4 is 5.73 Å². The monoisotopic (exact) mass is 248 g/mol. The van der Waals surface area contributed by atoms with Crippen LogP contribution in [0.1, 0.15) is 13.3 Å². The molecule has 0 fully saturated rings. The summed E-state index contributed by atoms with van der Waals surface area (Å²) in [5.74, 6) is 0. The van der Waals surface area contributed by atoms with E-state index < -0.39 is 28.0 Å². The molecule has 4 nitrogen and oxygen atoms in total. The van der Waals surface area contributed by atoms with Crippen LogP contribution in [0.4, 0.5) is 13.2 Å². The smallest absolute Gasteiger partial charge is 0.329 e. The zero-order valence-electron chi connectivity index (χ0n) is 8.58. The van der Waals surface area contributed by atoms with E-state index in [-0.39, 0.29) is 13.0 Å². The summed E-state index contributed by atoms with van der Waals surface area (Å²) in [6.07, 6.45) is -4.34. The fraction of sp³-hybridized carbons (Fsp3) is 1.00. The van der Waals surface area contributed by atoms with E-state index in [4.69, 9.17) is 5.73 Å². The Bertz CT molecular complexity index is 285. The van der Waals surface area contributed by atoms with Crippen LogP contribution in [0, 0.1) is 0 Å². The average molecular weight is 248 g/mol. The molecular weight excluding hydrogens is 233 g/mol. The van der Waals surface area contributed by atoms with Crippen molar-refractivity contribution in [3.8, 4) is 0 Å². The lowest BCUT2D eigenvalue weighted by Crippen LogP contribution is -2.43. The van der Waals surface area contributed by atoms with Gasteiger partial charge in [0.2, 0.25) is 10.0 Å². The van der Waals surface area contributed by atoms with Gasteiger partial charge < -0.3 is 5.73 Å². The standard InChI is InChI=1S/C7H15F3N2O2S/c1-3-6(4-11)15(13,14)12(2)5-7(8,9)10/h6H,3-5,11H2,1-2H3. The topological polar surface area (TPSA) is 63.4 Å². The molecule has 0 aliphatic carbocycles. The van der Waals surface area contributed by atoms with Gasteiger partial charge in [0, 0.05) is 13.6 Å². The third-order valence-corrected chi connectivity index (χ3v) is 4.34. The van der Waals surface area contributed by atoms with Crippen molar-refractivity contribution in [3.63, 3.8) is 0 Å². The molecule has 0 aliphatic heterocycles.